The normalized spacial score (nSPS) is 11.4. The molecule has 0 bridgehead atoms. The Labute approximate surface area is 343 Å². The van der Waals surface area contributed by atoms with Gasteiger partial charge in [-0.1, -0.05) is 89.0 Å². The van der Waals surface area contributed by atoms with E-state index in [-0.39, 0.29) is 11.8 Å². The van der Waals surface area contributed by atoms with E-state index in [0.29, 0.717) is 11.6 Å². The first-order valence-corrected chi connectivity index (χ1v) is 20.1. The first-order chi connectivity index (χ1) is 27.4. The number of carbonyl (C=O) groups excluding carboxylic acids is 2. The minimum Gasteiger partial charge on any atom is -0.274 e. The van der Waals surface area contributed by atoms with Crippen molar-refractivity contribution >= 4 is 11.8 Å². The van der Waals surface area contributed by atoms with Gasteiger partial charge in [-0.3, -0.25) is 18.7 Å². The van der Waals surface area contributed by atoms with E-state index in [1.54, 1.807) is 23.0 Å². The lowest BCUT2D eigenvalue weighted by Crippen LogP contribution is -2.12. The first-order valence-electron chi connectivity index (χ1n) is 20.1. The van der Waals surface area contributed by atoms with Crippen LogP contribution in [0.2, 0.25) is 0 Å². The molecule has 0 spiro atoms. The van der Waals surface area contributed by atoms with Gasteiger partial charge in [0.25, 0.3) is 0 Å². The van der Waals surface area contributed by atoms with Crippen LogP contribution in [0.15, 0.2) is 72.8 Å². The molecule has 0 saturated carbocycles. The van der Waals surface area contributed by atoms with Crippen LogP contribution in [0.4, 0.5) is 0 Å². The Hall–Kier alpha value is -6.14. The summed E-state index contributed by atoms with van der Waals surface area (Å²) < 4.78 is 3.56. The maximum absolute atomic E-state index is 14.1. The summed E-state index contributed by atoms with van der Waals surface area (Å²) in [5, 5.41) is 0. The van der Waals surface area contributed by atoms with Gasteiger partial charge in [-0.05, 0) is 134 Å². The predicted octanol–water partition coefficient (Wildman–Crippen LogP) is 13.1. The number of imidazole rings is 2. The molecule has 7 rings (SSSR count). The highest BCUT2D eigenvalue weighted by molar-refractivity contribution is 5.98. The SMILES string of the molecule is CC(=O)n1c(-c2cccc(-c3nc(-c4c(C)cc(C)cc4C)c(-c4c(C)cc(C)cc4C)n3C(C)=O)c2)nc(-c2c(C)cc(C)cc2C)c1-c1c(C)cc(C)cc1C. The van der Waals surface area contributed by atoms with Gasteiger partial charge in [0.2, 0.25) is 11.8 Å². The van der Waals surface area contributed by atoms with Gasteiger partial charge >= 0.3 is 0 Å². The van der Waals surface area contributed by atoms with E-state index in [1.165, 1.54) is 11.1 Å². The van der Waals surface area contributed by atoms with Crippen LogP contribution in [0.1, 0.15) is 90.2 Å². The number of hydrogen-bond acceptors (Lipinski definition) is 4. The number of aryl methyl sites for hydroxylation is 12. The molecule has 0 aliphatic rings. The summed E-state index contributed by atoms with van der Waals surface area (Å²) in [5.41, 5.74) is 22.0. The molecule has 0 fully saturated rings. The fourth-order valence-electron chi connectivity index (χ4n) is 9.66. The Morgan fingerprint density at radius 2 is 0.655 bits per heavy atom. The molecule has 5 aromatic carbocycles. The third-order valence-electron chi connectivity index (χ3n) is 11.4. The van der Waals surface area contributed by atoms with Gasteiger partial charge in [-0.2, -0.15) is 0 Å². The third kappa shape index (κ3) is 6.85. The topological polar surface area (TPSA) is 69.8 Å². The predicted molar refractivity (Wildman–Crippen MR) is 240 cm³/mol. The van der Waals surface area contributed by atoms with Crippen LogP contribution in [0.5, 0.6) is 0 Å². The van der Waals surface area contributed by atoms with E-state index in [0.717, 1.165) is 112 Å². The van der Waals surface area contributed by atoms with E-state index in [2.05, 4.69) is 132 Å². The average Bonchev–Trinajstić information content (AvgIpc) is 3.67. The van der Waals surface area contributed by atoms with Crippen molar-refractivity contribution in [2.24, 2.45) is 0 Å². The molecule has 58 heavy (non-hydrogen) atoms. The van der Waals surface area contributed by atoms with Gasteiger partial charge in [-0.15, -0.1) is 0 Å². The molecule has 6 nitrogen and oxygen atoms in total. The molecular weight excluding hydrogens is 713 g/mol. The Morgan fingerprint density at radius 1 is 0.397 bits per heavy atom. The van der Waals surface area contributed by atoms with Gasteiger partial charge < -0.3 is 0 Å². The molecular formula is C52H54N4O2. The highest BCUT2D eigenvalue weighted by Crippen LogP contribution is 2.45. The standard InChI is InChI=1S/C52H54N4O2/c1-27-18-31(5)43(32(6)19-27)47-49(45-35(9)22-29(3)23-36(45)10)55(39(13)57)51(53-47)41-16-15-17-42(26-41)52-54-48(44-33(7)20-28(2)21-34(44)8)50(56(52)40(14)58)46-37(11)24-30(4)25-38(46)12/h15-26H,1-14H3. The summed E-state index contributed by atoms with van der Waals surface area (Å²) in [7, 11) is 0. The van der Waals surface area contributed by atoms with Crippen molar-refractivity contribution in [2.75, 3.05) is 0 Å². The van der Waals surface area contributed by atoms with Crippen molar-refractivity contribution in [3.63, 3.8) is 0 Å². The summed E-state index contributed by atoms with van der Waals surface area (Å²) in [5.74, 6) is 0.799. The van der Waals surface area contributed by atoms with Crippen LogP contribution in [0.3, 0.4) is 0 Å². The van der Waals surface area contributed by atoms with Crippen LogP contribution < -0.4 is 0 Å². The number of carbonyl (C=O) groups is 2. The molecule has 0 aliphatic heterocycles. The smallest absolute Gasteiger partial charge is 0.229 e. The van der Waals surface area contributed by atoms with E-state index in [9.17, 15) is 9.59 Å². The summed E-state index contributed by atoms with van der Waals surface area (Å²) in [6.45, 7) is 28.5. The van der Waals surface area contributed by atoms with Gasteiger partial charge in [0.15, 0.2) is 0 Å². The molecule has 0 radical (unpaired) electrons. The van der Waals surface area contributed by atoms with Gasteiger partial charge in [0.05, 0.1) is 22.8 Å². The van der Waals surface area contributed by atoms with E-state index >= 15 is 0 Å². The maximum atomic E-state index is 14.1. The second-order valence-corrected chi connectivity index (χ2v) is 16.6. The fraction of sp³-hybridized carbons (Fsp3) is 0.269. The quantitative estimate of drug-likeness (QED) is 0.169. The molecule has 0 N–H and O–H groups in total. The zero-order valence-corrected chi connectivity index (χ0v) is 36.5. The maximum Gasteiger partial charge on any atom is 0.229 e. The first kappa shape index (κ1) is 40.1. The van der Waals surface area contributed by atoms with Crippen molar-refractivity contribution in [1.29, 1.82) is 0 Å². The molecule has 0 amide bonds. The molecule has 7 aromatic rings. The summed E-state index contributed by atoms with van der Waals surface area (Å²) in [6.07, 6.45) is 0. The lowest BCUT2D eigenvalue weighted by atomic mass is 9.91. The summed E-state index contributed by atoms with van der Waals surface area (Å²) >= 11 is 0. The molecule has 294 valence electrons. The van der Waals surface area contributed by atoms with Crippen molar-refractivity contribution in [3.8, 4) is 67.8 Å². The van der Waals surface area contributed by atoms with E-state index in [1.807, 2.05) is 24.3 Å². The number of aromatic nitrogens is 4. The molecule has 2 aromatic heterocycles. The Kier molecular flexibility index (Phi) is 10.4. The van der Waals surface area contributed by atoms with Gasteiger partial charge in [0.1, 0.15) is 11.6 Å². The Morgan fingerprint density at radius 3 is 0.914 bits per heavy atom. The molecule has 2 heterocycles. The highest BCUT2D eigenvalue weighted by Gasteiger charge is 2.30. The Balaban J connectivity index is 1.57. The van der Waals surface area contributed by atoms with Gasteiger partial charge in [-0.25, -0.2) is 9.97 Å². The van der Waals surface area contributed by atoms with Crippen LogP contribution in [0, 0.1) is 83.1 Å². The average molecular weight is 767 g/mol. The lowest BCUT2D eigenvalue weighted by molar-refractivity contribution is 0.0931. The molecule has 0 saturated heterocycles. The highest BCUT2D eigenvalue weighted by atomic mass is 16.2. The van der Waals surface area contributed by atoms with Crippen LogP contribution in [0.25, 0.3) is 67.8 Å². The minimum absolute atomic E-state index is 0.138. The summed E-state index contributed by atoms with van der Waals surface area (Å²) in [6, 6.07) is 25.4. The zero-order chi connectivity index (χ0) is 42.1. The monoisotopic (exact) mass is 766 g/mol. The molecule has 0 unspecified atom stereocenters. The minimum atomic E-state index is -0.138. The number of nitrogens with zero attached hydrogens (tertiary/aromatic N) is 4. The molecule has 0 atom stereocenters. The fourth-order valence-corrected chi connectivity index (χ4v) is 9.66. The molecule has 6 heteroatoms. The van der Waals surface area contributed by atoms with Crippen LogP contribution in [-0.4, -0.2) is 30.9 Å². The van der Waals surface area contributed by atoms with Crippen LogP contribution >= 0.6 is 0 Å². The van der Waals surface area contributed by atoms with E-state index < -0.39 is 0 Å². The summed E-state index contributed by atoms with van der Waals surface area (Å²) in [4.78, 5) is 39.0. The van der Waals surface area contributed by atoms with Gasteiger partial charge in [0, 0.05) is 47.2 Å². The van der Waals surface area contributed by atoms with Crippen molar-refractivity contribution in [1.82, 2.24) is 19.1 Å². The second kappa shape index (κ2) is 15.0. The van der Waals surface area contributed by atoms with Crippen molar-refractivity contribution in [3.05, 3.63) is 140 Å². The van der Waals surface area contributed by atoms with Crippen LogP contribution in [-0.2, 0) is 0 Å². The van der Waals surface area contributed by atoms with Crippen molar-refractivity contribution in [2.45, 2.75) is 96.9 Å². The lowest BCUT2D eigenvalue weighted by Gasteiger charge is -2.17. The van der Waals surface area contributed by atoms with Crippen molar-refractivity contribution < 1.29 is 9.59 Å². The number of hydrogen-bond donors (Lipinski definition) is 0. The Bertz CT molecular complexity index is 2580. The third-order valence-corrected chi connectivity index (χ3v) is 11.4. The largest absolute Gasteiger partial charge is 0.274 e. The van der Waals surface area contributed by atoms with E-state index in [4.69, 9.17) is 9.97 Å². The number of rotatable bonds is 6. The second-order valence-electron chi connectivity index (χ2n) is 16.6. The number of benzene rings is 5. The zero-order valence-electron chi connectivity index (χ0n) is 36.5. The molecule has 0 aliphatic carbocycles.